The van der Waals surface area contributed by atoms with Crippen LogP contribution < -0.4 is 0 Å². The lowest BCUT2D eigenvalue weighted by Gasteiger charge is -2.11. The number of ether oxygens (including phenoxy) is 1. The van der Waals surface area contributed by atoms with Gasteiger partial charge in [-0.25, -0.2) is 9.97 Å². The van der Waals surface area contributed by atoms with Crippen molar-refractivity contribution in [2.24, 2.45) is 0 Å². The molecule has 0 unspecified atom stereocenters. The van der Waals surface area contributed by atoms with Gasteiger partial charge in [-0.05, 0) is 37.1 Å². The number of hydrogen-bond acceptors (Lipinski definition) is 3. The molecule has 2 aromatic rings. The Labute approximate surface area is 111 Å². The fourth-order valence-corrected chi connectivity index (χ4v) is 2.16. The van der Waals surface area contributed by atoms with Crippen molar-refractivity contribution in [3.05, 3.63) is 40.8 Å². The lowest BCUT2D eigenvalue weighted by atomic mass is 10.0. The van der Waals surface area contributed by atoms with E-state index in [0.717, 1.165) is 28.6 Å². The van der Waals surface area contributed by atoms with Gasteiger partial charge in [0.15, 0.2) is 0 Å². The minimum atomic E-state index is 0.475. The highest BCUT2D eigenvalue weighted by Crippen LogP contribution is 2.29. The summed E-state index contributed by atoms with van der Waals surface area (Å²) in [5, 5.41) is 1.34. The fraction of sp³-hybridized carbons (Fsp3) is 0.286. The van der Waals surface area contributed by atoms with Crippen LogP contribution in [-0.4, -0.2) is 17.1 Å². The molecule has 0 amide bonds. The Balaban J connectivity index is 2.82. The molecule has 94 valence electrons. The number of methoxy groups -OCH3 is 1. The molecule has 0 radical (unpaired) electrons. The van der Waals surface area contributed by atoms with Gasteiger partial charge < -0.3 is 4.74 Å². The maximum absolute atomic E-state index is 6.14. The molecule has 0 aliphatic rings. The third-order valence-electron chi connectivity index (χ3n) is 2.91. The molecule has 0 atom stereocenters. The van der Waals surface area contributed by atoms with E-state index in [2.05, 4.69) is 23.0 Å². The highest BCUT2D eigenvalue weighted by molar-refractivity contribution is 6.34. The monoisotopic (exact) mass is 262 g/mol. The number of aromatic nitrogens is 2. The number of allylic oxidation sites excluding steroid dienone is 1. The predicted octanol–water partition coefficient (Wildman–Crippen LogP) is 3.85. The fourth-order valence-electron chi connectivity index (χ4n) is 1.97. The largest absolute Gasteiger partial charge is 0.496 e. The number of fused-ring (bicyclic) bond motifs is 1. The summed E-state index contributed by atoms with van der Waals surface area (Å²) in [7, 11) is 1.66. The highest BCUT2D eigenvalue weighted by Gasteiger charge is 2.12. The van der Waals surface area contributed by atoms with Crippen molar-refractivity contribution in [3.8, 4) is 0 Å². The molecule has 0 N–H and O–H groups in total. The Morgan fingerprint density at radius 2 is 2.17 bits per heavy atom. The predicted molar refractivity (Wildman–Crippen MR) is 74.6 cm³/mol. The minimum absolute atomic E-state index is 0.475. The molecule has 0 saturated carbocycles. The van der Waals surface area contributed by atoms with E-state index in [9.17, 15) is 0 Å². The molecule has 0 aliphatic carbocycles. The van der Waals surface area contributed by atoms with Crippen LogP contribution in [0.1, 0.15) is 25.0 Å². The number of aryl methyl sites for hydroxylation is 1. The van der Waals surface area contributed by atoms with E-state index in [1.807, 2.05) is 19.1 Å². The second-order valence-electron chi connectivity index (χ2n) is 3.91. The van der Waals surface area contributed by atoms with Crippen molar-refractivity contribution in [2.45, 2.75) is 20.3 Å². The summed E-state index contributed by atoms with van der Waals surface area (Å²) >= 11 is 6.14. The number of benzene rings is 1. The summed E-state index contributed by atoms with van der Waals surface area (Å²) in [6, 6.07) is 4.12. The van der Waals surface area contributed by atoms with Crippen LogP contribution in [0, 0.1) is 0 Å². The minimum Gasteiger partial charge on any atom is -0.496 e. The first-order valence-corrected chi connectivity index (χ1v) is 6.22. The molecule has 0 saturated heterocycles. The second kappa shape index (κ2) is 5.36. The van der Waals surface area contributed by atoms with Gasteiger partial charge in [0.1, 0.15) is 17.2 Å². The van der Waals surface area contributed by atoms with Gasteiger partial charge >= 0.3 is 0 Å². The van der Waals surface area contributed by atoms with Gasteiger partial charge in [0, 0.05) is 10.9 Å². The maximum Gasteiger partial charge on any atom is 0.140 e. The van der Waals surface area contributed by atoms with Crippen LogP contribution in [0.3, 0.4) is 0 Å². The van der Waals surface area contributed by atoms with Crippen molar-refractivity contribution in [2.75, 3.05) is 7.11 Å². The Morgan fingerprint density at radius 1 is 1.39 bits per heavy atom. The Hall–Kier alpha value is -1.61. The van der Waals surface area contributed by atoms with Crippen LogP contribution in [0.15, 0.2) is 24.5 Å². The zero-order chi connectivity index (χ0) is 13.1. The van der Waals surface area contributed by atoms with E-state index in [4.69, 9.17) is 16.3 Å². The average Bonchev–Trinajstić information content (AvgIpc) is 2.40. The van der Waals surface area contributed by atoms with Gasteiger partial charge in [-0.2, -0.15) is 0 Å². The Bertz CT molecular complexity index is 608. The molecule has 2 rings (SSSR count). The molecule has 0 fully saturated rings. The third-order valence-corrected chi connectivity index (χ3v) is 3.21. The molecular formula is C14H15ClN2O. The molecule has 3 nitrogen and oxygen atoms in total. The summed E-state index contributed by atoms with van der Waals surface area (Å²) in [5.41, 5.74) is 2.96. The average molecular weight is 263 g/mol. The van der Waals surface area contributed by atoms with Gasteiger partial charge in [0.25, 0.3) is 0 Å². The van der Waals surface area contributed by atoms with Crippen LogP contribution in [-0.2, 0) is 11.2 Å². The lowest BCUT2D eigenvalue weighted by Crippen LogP contribution is -1.95. The van der Waals surface area contributed by atoms with E-state index >= 15 is 0 Å². The van der Waals surface area contributed by atoms with Gasteiger partial charge in [-0.1, -0.05) is 18.5 Å². The molecule has 1 heterocycles. The first kappa shape index (κ1) is 12.8. The number of nitrogens with zero attached hydrogens (tertiary/aromatic N) is 2. The number of halogens is 1. The van der Waals surface area contributed by atoms with Gasteiger partial charge in [0.2, 0.25) is 0 Å². The lowest BCUT2D eigenvalue weighted by molar-refractivity contribution is 0.370. The van der Waals surface area contributed by atoms with Crippen LogP contribution in [0.4, 0.5) is 0 Å². The summed E-state index contributed by atoms with van der Waals surface area (Å²) in [6.07, 6.45) is 4.32. The molecule has 0 spiro atoms. The normalized spacial score (nSPS) is 11.9. The quantitative estimate of drug-likeness (QED) is 0.622. The molecule has 18 heavy (non-hydrogen) atoms. The van der Waals surface area contributed by atoms with Crippen molar-refractivity contribution in [3.63, 3.8) is 0 Å². The van der Waals surface area contributed by atoms with E-state index in [-0.39, 0.29) is 0 Å². The maximum atomic E-state index is 6.14. The molecule has 1 aromatic heterocycles. The molecule has 4 heteroatoms. The summed E-state index contributed by atoms with van der Waals surface area (Å²) in [5.74, 6) is 0.796. The first-order valence-electron chi connectivity index (χ1n) is 5.85. The smallest absolute Gasteiger partial charge is 0.140 e. The van der Waals surface area contributed by atoms with Crippen LogP contribution in [0.5, 0.6) is 0 Å². The number of hydrogen-bond donors (Lipinski definition) is 0. The zero-order valence-corrected chi connectivity index (χ0v) is 11.5. The SMILES string of the molecule is CC=C(OC)c1cc(CC)cc2c(Cl)ncnc12. The zero-order valence-electron chi connectivity index (χ0n) is 10.7. The van der Waals surface area contributed by atoms with Gasteiger partial charge in [-0.3, -0.25) is 0 Å². The standard InChI is InChI=1S/C14H15ClN2O/c1-4-9-6-10(12(5-2)18-3)13-11(7-9)14(15)17-8-16-13/h5-8H,4H2,1-3H3. The molecular weight excluding hydrogens is 248 g/mol. The first-order chi connectivity index (χ1) is 8.71. The molecule has 0 bridgehead atoms. The second-order valence-corrected chi connectivity index (χ2v) is 4.27. The van der Waals surface area contributed by atoms with E-state index in [0.29, 0.717) is 5.15 Å². The molecule has 1 aromatic carbocycles. The summed E-state index contributed by atoms with van der Waals surface area (Å²) in [6.45, 7) is 4.04. The van der Waals surface area contributed by atoms with Crippen molar-refractivity contribution >= 4 is 28.3 Å². The highest BCUT2D eigenvalue weighted by atomic mass is 35.5. The van der Waals surface area contributed by atoms with E-state index in [1.54, 1.807) is 7.11 Å². The Morgan fingerprint density at radius 3 is 2.78 bits per heavy atom. The Kier molecular flexibility index (Phi) is 3.82. The third kappa shape index (κ3) is 2.18. The molecule has 0 aliphatic heterocycles. The van der Waals surface area contributed by atoms with Gasteiger partial charge in [-0.15, -0.1) is 0 Å². The van der Waals surface area contributed by atoms with Crippen LogP contribution >= 0.6 is 11.6 Å². The van der Waals surface area contributed by atoms with E-state index < -0.39 is 0 Å². The van der Waals surface area contributed by atoms with Crippen LogP contribution in [0.2, 0.25) is 5.15 Å². The van der Waals surface area contributed by atoms with Crippen molar-refractivity contribution in [1.82, 2.24) is 9.97 Å². The van der Waals surface area contributed by atoms with Crippen LogP contribution in [0.25, 0.3) is 16.7 Å². The van der Waals surface area contributed by atoms with Gasteiger partial charge in [0.05, 0.1) is 12.6 Å². The number of rotatable bonds is 3. The van der Waals surface area contributed by atoms with E-state index in [1.165, 1.54) is 11.9 Å². The summed E-state index contributed by atoms with van der Waals surface area (Å²) < 4.78 is 5.39. The topological polar surface area (TPSA) is 35.0 Å². The summed E-state index contributed by atoms with van der Waals surface area (Å²) in [4.78, 5) is 8.35. The van der Waals surface area contributed by atoms with Crippen molar-refractivity contribution in [1.29, 1.82) is 0 Å². The van der Waals surface area contributed by atoms with Crippen molar-refractivity contribution < 1.29 is 4.74 Å².